The Hall–Kier alpha value is -2.17. The largest absolute Gasteiger partial charge is 0.312 e. The molecule has 0 saturated carbocycles. The summed E-state index contributed by atoms with van der Waals surface area (Å²) < 4.78 is 0. The molecule has 0 aromatic heterocycles. The summed E-state index contributed by atoms with van der Waals surface area (Å²) in [4.78, 5) is 23.8. The molecular weight excluding hydrogens is 232 g/mol. The Balaban J connectivity index is 2.32. The first-order chi connectivity index (χ1) is 8.52. The zero-order chi connectivity index (χ0) is 13.3. The molecule has 1 aliphatic rings. The number of nitro benzene ring substituents is 1. The van der Waals surface area contributed by atoms with Crippen molar-refractivity contribution in [3.05, 3.63) is 46.5 Å². The summed E-state index contributed by atoms with van der Waals surface area (Å²) in [5.41, 5.74) is 1.53. The van der Waals surface area contributed by atoms with E-state index in [1.807, 2.05) is 0 Å². The van der Waals surface area contributed by atoms with Crippen molar-refractivity contribution in [3.63, 3.8) is 0 Å². The fourth-order valence-electron chi connectivity index (χ4n) is 2.18. The van der Waals surface area contributed by atoms with Gasteiger partial charge in [-0.05, 0) is 18.6 Å². The van der Waals surface area contributed by atoms with Gasteiger partial charge in [0.1, 0.15) is 0 Å². The highest BCUT2D eigenvalue weighted by atomic mass is 16.6. The summed E-state index contributed by atoms with van der Waals surface area (Å²) in [6.45, 7) is 6.07. The fraction of sp³-hybridized carbons (Fsp3) is 0.308. The summed E-state index contributed by atoms with van der Waals surface area (Å²) in [5.74, 6) is 0.198. The lowest BCUT2D eigenvalue weighted by Gasteiger charge is -2.18. The van der Waals surface area contributed by atoms with Crippen molar-refractivity contribution < 1.29 is 9.72 Å². The first-order valence-corrected chi connectivity index (χ1v) is 5.71. The van der Waals surface area contributed by atoms with Gasteiger partial charge in [-0.2, -0.15) is 0 Å². The molecule has 18 heavy (non-hydrogen) atoms. The fourth-order valence-corrected chi connectivity index (χ4v) is 2.18. The smallest absolute Gasteiger partial charge is 0.269 e. The summed E-state index contributed by atoms with van der Waals surface area (Å²) in [5, 5.41) is 10.7. The van der Waals surface area contributed by atoms with Gasteiger partial charge in [-0.25, -0.2) is 0 Å². The molecule has 5 nitrogen and oxygen atoms in total. The quantitative estimate of drug-likeness (QED) is 0.467. The van der Waals surface area contributed by atoms with Crippen LogP contribution in [0.2, 0.25) is 0 Å². The predicted molar refractivity (Wildman–Crippen MR) is 68.5 cm³/mol. The van der Waals surface area contributed by atoms with E-state index in [-0.39, 0.29) is 17.5 Å². The van der Waals surface area contributed by atoms with Crippen molar-refractivity contribution in [2.24, 2.45) is 5.92 Å². The van der Waals surface area contributed by atoms with Crippen LogP contribution < -0.4 is 4.90 Å². The second kappa shape index (κ2) is 4.60. The van der Waals surface area contributed by atoms with E-state index in [2.05, 4.69) is 6.58 Å². The van der Waals surface area contributed by atoms with Gasteiger partial charge in [0.2, 0.25) is 5.91 Å². The third-order valence-electron chi connectivity index (χ3n) is 3.17. The lowest BCUT2D eigenvalue weighted by atomic mass is 10.1. The number of nitro groups is 1. The van der Waals surface area contributed by atoms with Gasteiger partial charge in [0.25, 0.3) is 5.69 Å². The number of amides is 1. The number of rotatable bonds is 3. The summed E-state index contributed by atoms with van der Waals surface area (Å²) in [7, 11) is 0. The molecule has 1 amide bonds. The maximum atomic E-state index is 11.9. The third kappa shape index (κ3) is 2.11. The molecule has 1 fully saturated rings. The lowest BCUT2D eigenvalue weighted by Crippen LogP contribution is -2.25. The van der Waals surface area contributed by atoms with Crippen LogP contribution >= 0.6 is 0 Å². The maximum Gasteiger partial charge on any atom is 0.269 e. The molecule has 1 saturated heterocycles. The van der Waals surface area contributed by atoms with E-state index in [0.29, 0.717) is 13.0 Å². The SMILES string of the molecule is C=CC1CC(=O)N(c2ccc([N+](=O)[O-])cc2C)C1. The zero-order valence-corrected chi connectivity index (χ0v) is 10.1. The molecule has 0 aliphatic carbocycles. The topological polar surface area (TPSA) is 63.5 Å². The summed E-state index contributed by atoms with van der Waals surface area (Å²) in [6.07, 6.45) is 2.23. The van der Waals surface area contributed by atoms with Crippen LogP contribution in [0.3, 0.4) is 0 Å². The van der Waals surface area contributed by atoms with Gasteiger partial charge in [-0.1, -0.05) is 6.08 Å². The Morgan fingerprint density at radius 2 is 2.28 bits per heavy atom. The summed E-state index contributed by atoms with van der Waals surface area (Å²) >= 11 is 0. The summed E-state index contributed by atoms with van der Waals surface area (Å²) in [6, 6.07) is 4.55. The molecule has 0 bridgehead atoms. The van der Waals surface area contributed by atoms with Gasteiger partial charge in [0, 0.05) is 36.7 Å². The van der Waals surface area contributed by atoms with Crippen LogP contribution in [0.1, 0.15) is 12.0 Å². The average molecular weight is 246 g/mol. The van der Waals surface area contributed by atoms with E-state index < -0.39 is 4.92 Å². The molecule has 1 aromatic rings. The van der Waals surface area contributed by atoms with Crippen molar-refractivity contribution >= 4 is 17.3 Å². The van der Waals surface area contributed by atoms with Gasteiger partial charge >= 0.3 is 0 Å². The Morgan fingerprint density at radius 3 is 2.78 bits per heavy atom. The standard InChI is InChI=1S/C13H14N2O3/c1-3-10-7-13(16)14(8-10)12-5-4-11(15(17)18)6-9(12)2/h3-6,10H,1,7-8H2,2H3. The van der Waals surface area contributed by atoms with Gasteiger partial charge < -0.3 is 4.90 Å². The molecule has 1 atom stereocenters. The van der Waals surface area contributed by atoms with E-state index in [9.17, 15) is 14.9 Å². The Labute approximate surface area is 105 Å². The molecule has 1 unspecified atom stereocenters. The highest BCUT2D eigenvalue weighted by Gasteiger charge is 2.29. The molecule has 0 spiro atoms. The Morgan fingerprint density at radius 1 is 1.56 bits per heavy atom. The van der Waals surface area contributed by atoms with Crippen LogP contribution in [-0.4, -0.2) is 17.4 Å². The molecule has 2 rings (SSSR count). The Kier molecular flexibility index (Phi) is 3.14. The minimum atomic E-state index is -0.435. The molecule has 0 N–H and O–H groups in total. The van der Waals surface area contributed by atoms with Crippen molar-refractivity contribution in [2.45, 2.75) is 13.3 Å². The molecule has 0 radical (unpaired) electrons. The van der Waals surface area contributed by atoms with Crippen molar-refractivity contribution in [2.75, 3.05) is 11.4 Å². The van der Waals surface area contributed by atoms with Gasteiger partial charge in [0.05, 0.1) is 4.92 Å². The normalized spacial score (nSPS) is 19.1. The van der Waals surface area contributed by atoms with Crippen LogP contribution in [0.4, 0.5) is 11.4 Å². The minimum absolute atomic E-state index is 0.0388. The van der Waals surface area contributed by atoms with Crippen molar-refractivity contribution in [1.29, 1.82) is 0 Å². The minimum Gasteiger partial charge on any atom is -0.312 e. The number of carbonyl (C=O) groups is 1. The first kappa shape index (κ1) is 12.3. The number of carbonyl (C=O) groups excluding carboxylic acids is 1. The predicted octanol–water partition coefficient (Wildman–Crippen LogP) is 2.44. The van der Waals surface area contributed by atoms with Crippen LogP contribution in [-0.2, 0) is 4.79 Å². The highest BCUT2D eigenvalue weighted by Crippen LogP contribution is 2.30. The first-order valence-electron chi connectivity index (χ1n) is 5.71. The third-order valence-corrected chi connectivity index (χ3v) is 3.17. The number of hydrogen-bond acceptors (Lipinski definition) is 3. The monoisotopic (exact) mass is 246 g/mol. The van der Waals surface area contributed by atoms with Crippen LogP contribution in [0, 0.1) is 23.0 Å². The number of aryl methyl sites for hydroxylation is 1. The average Bonchev–Trinajstić information content (AvgIpc) is 2.70. The number of nitrogens with zero attached hydrogens (tertiary/aromatic N) is 2. The lowest BCUT2D eigenvalue weighted by molar-refractivity contribution is -0.384. The van der Waals surface area contributed by atoms with E-state index >= 15 is 0 Å². The zero-order valence-electron chi connectivity index (χ0n) is 10.1. The molecular formula is C13H14N2O3. The van der Waals surface area contributed by atoms with Gasteiger partial charge in [-0.3, -0.25) is 14.9 Å². The molecule has 5 heteroatoms. The molecule has 1 aromatic carbocycles. The molecule has 94 valence electrons. The van der Waals surface area contributed by atoms with E-state index in [1.165, 1.54) is 12.1 Å². The van der Waals surface area contributed by atoms with Crippen LogP contribution in [0.25, 0.3) is 0 Å². The second-order valence-corrected chi connectivity index (χ2v) is 4.43. The number of non-ortho nitro benzene ring substituents is 1. The van der Waals surface area contributed by atoms with Gasteiger partial charge in [0.15, 0.2) is 0 Å². The van der Waals surface area contributed by atoms with Crippen molar-refractivity contribution in [1.82, 2.24) is 0 Å². The molecule has 1 aliphatic heterocycles. The van der Waals surface area contributed by atoms with Gasteiger partial charge in [-0.15, -0.1) is 6.58 Å². The van der Waals surface area contributed by atoms with Crippen LogP contribution in [0.5, 0.6) is 0 Å². The van der Waals surface area contributed by atoms with Crippen molar-refractivity contribution in [3.8, 4) is 0 Å². The second-order valence-electron chi connectivity index (χ2n) is 4.43. The van der Waals surface area contributed by atoms with E-state index in [0.717, 1.165) is 11.3 Å². The number of hydrogen-bond donors (Lipinski definition) is 0. The maximum absolute atomic E-state index is 11.9. The molecule has 1 heterocycles. The number of anilines is 1. The number of benzene rings is 1. The van der Waals surface area contributed by atoms with E-state index in [1.54, 1.807) is 24.0 Å². The highest BCUT2D eigenvalue weighted by molar-refractivity contribution is 5.96. The van der Waals surface area contributed by atoms with Crippen LogP contribution in [0.15, 0.2) is 30.9 Å². The Bertz CT molecular complexity index is 525. The van der Waals surface area contributed by atoms with E-state index in [4.69, 9.17) is 0 Å².